The van der Waals surface area contributed by atoms with Gasteiger partial charge in [0.05, 0.1) is 45.2 Å². The Morgan fingerprint density at radius 3 is 1.40 bits per heavy atom. The Labute approximate surface area is 621 Å². The van der Waals surface area contributed by atoms with Gasteiger partial charge in [-0.3, -0.25) is 19.1 Å². The molecular formula is C88H88N6O2Pt2Si2-2. The largest absolute Gasteiger partial charge is 0.506 e. The molecule has 8 aromatic carbocycles. The third kappa shape index (κ3) is 14.0. The minimum Gasteiger partial charge on any atom is -0.506 e. The molecule has 0 radical (unpaired) electrons. The standard InChI is InChI=1S/2C44H44N3OSi.2Pt/c1-43(2,3)31-27-35(44(4,5)6)41(48)39(28-31)47-38-22-16-15-21-33(38)34-23-24-36(46-42(34)47)37-25-30(29-17-11-9-12-18-29)26-40(45-37)49(7,8)32-19-13-10-14-20-32;1-43(2,3)31-23-24-37-33(27-31)34-28-35(44(4,5)6)41(46-42(34)47(37)38-21-15-16-22-39(38)48)36-25-30(29-17-11-9-12-18-29)26-40(45-36)49(7,8)32-19-13-10-14-20-32;;/h2*9-19,21-28,48H,1-8H3;;/q2*-1;;. The predicted octanol–water partition coefficient (Wildman–Crippen LogP) is 19.7. The number of pyridine rings is 4. The Kier molecular flexibility index (Phi) is 20.1. The molecule has 6 heterocycles. The van der Waals surface area contributed by atoms with Gasteiger partial charge in [0.2, 0.25) is 0 Å². The minimum atomic E-state index is -2.26. The quantitative estimate of drug-likeness (QED) is 0.104. The molecule has 0 atom stereocenters. The number of aromatic nitrogens is 6. The molecule has 0 unspecified atom stereocenters. The van der Waals surface area contributed by atoms with Crippen LogP contribution < -0.4 is 21.0 Å². The van der Waals surface area contributed by atoms with Crippen LogP contribution in [0.4, 0.5) is 0 Å². The molecule has 14 aromatic rings. The van der Waals surface area contributed by atoms with Gasteiger partial charge in [0.15, 0.2) is 0 Å². The van der Waals surface area contributed by atoms with Gasteiger partial charge in [-0.2, -0.15) is 71.0 Å². The molecule has 0 aliphatic carbocycles. The molecule has 14 rings (SSSR count). The number of hydrogen-bond donors (Lipinski definition) is 2. The van der Waals surface area contributed by atoms with Gasteiger partial charge in [0.1, 0.15) is 38.9 Å². The van der Waals surface area contributed by atoms with Crippen molar-refractivity contribution in [3.63, 3.8) is 0 Å². The molecule has 0 amide bonds. The summed E-state index contributed by atoms with van der Waals surface area (Å²) in [7, 11) is -4.47. The van der Waals surface area contributed by atoms with Crippen LogP contribution in [-0.4, -0.2) is 55.4 Å². The van der Waals surface area contributed by atoms with Crippen LogP contribution in [-0.2, 0) is 63.8 Å². The molecule has 8 nitrogen and oxygen atoms in total. The van der Waals surface area contributed by atoms with Crippen molar-refractivity contribution in [1.82, 2.24) is 29.1 Å². The Morgan fingerprint density at radius 1 is 0.350 bits per heavy atom. The second-order valence-corrected chi connectivity index (χ2v) is 40.0. The minimum absolute atomic E-state index is 0. The van der Waals surface area contributed by atoms with Crippen LogP contribution in [0, 0.1) is 12.1 Å². The van der Waals surface area contributed by atoms with Gasteiger partial charge in [-0.25, -0.2) is 9.97 Å². The molecule has 0 spiro atoms. The molecule has 100 heavy (non-hydrogen) atoms. The molecular weight excluding hydrogens is 1620 g/mol. The van der Waals surface area contributed by atoms with Crippen molar-refractivity contribution in [2.24, 2.45) is 0 Å². The summed E-state index contributed by atoms with van der Waals surface area (Å²) in [5, 5.41) is 32.1. The normalized spacial score (nSPS) is 12.3. The van der Waals surface area contributed by atoms with Crippen molar-refractivity contribution in [3.05, 3.63) is 265 Å². The summed E-state index contributed by atoms with van der Waals surface area (Å²) < 4.78 is 4.26. The van der Waals surface area contributed by atoms with E-state index in [2.05, 4.69) is 306 Å². The number of phenolic OH excluding ortho intramolecular Hbond substituents is 2. The first kappa shape index (κ1) is 72.6. The van der Waals surface area contributed by atoms with Crippen molar-refractivity contribution in [2.75, 3.05) is 0 Å². The van der Waals surface area contributed by atoms with Crippen LogP contribution in [0.15, 0.2) is 231 Å². The fourth-order valence-electron chi connectivity index (χ4n) is 13.5. The van der Waals surface area contributed by atoms with E-state index in [1.807, 2.05) is 48.5 Å². The number of fused-ring (bicyclic) bond motifs is 6. The summed E-state index contributed by atoms with van der Waals surface area (Å²) in [6, 6.07) is 87.0. The van der Waals surface area contributed by atoms with E-state index < -0.39 is 16.1 Å². The van der Waals surface area contributed by atoms with Crippen molar-refractivity contribution >= 4 is 81.0 Å². The summed E-state index contributed by atoms with van der Waals surface area (Å²) in [4.78, 5) is 21.9. The molecule has 0 aliphatic rings. The fourth-order valence-corrected chi connectivity index (χ4v) is 17.8. The van der Waals surface area contributed by atoms with E-state index in [0.717, 1.165) is 116 Å². The maximum absolute atomic E-state index is 12.0. The van der Waals surface area contributed by atoms with Crippen LogP contribution in [0.5, 0.6) is 11.5 Å². The van der Waals surface area contributed by atoms with Gasteiger partial charge in [0.25, 0.3) is 0 Å². The maximum atomic E-state index is 12.0. The van der Waals surface area contributed by atoms with Crippen molar-refractivity contribution < 1.29 is 52.3 Å². The van der Waals surface area contributed by atoms with E-state index >= 15 is 0 Å². The third-order valence-corrected chi connectivity index (χ3v) is 25.9. The second-order valence-electron chi connectivity index (χ2n) is 31.4. The molecule has 0 saturated heterocycles. The van der Waals surface area contributed by atoms with E-state index in [9.17, 15) is 10.2 Å². The number of hydrogen-bond acceptors (Lipinski definition) is 6. The average Bonchev–Trinajstić information content (AvgIpc) is 1.56. The topological polar surface area (TPSA) is 102 Å². The summed E-state index contributed by atoms with van der Waals surface area (Å²) in [6.45, 7) is 36.0. The number of phenols is 2. The molecule has 12 heteroatoms. The Balaban J connectivity index is 0.000000198. The summed E-state index contributed by atoms with van der Waals surface area (Å²) in [5.41, 5.74) is 16.7. The molecule has 2 N–H and O–H groups in total. The zero-order chi connectivity index (χ0) is 69.4. The van der Waals surface area contributed by atoms with E-state index in [1.165, 1.54) is 21.5 Å². The first-order valence-corrected chi connectivity index (χ1v) is 40.1. The van der Waals surface area contributed by atoms with Crippen LogP contribution >= 0.6 is 0 Å². The van der Waals surface area contributed by atoms with Gasteiger partial charge in [-0.05, 0) is 139 Å². The number of rotatable bonds is 10. The summed E-state index contributed by atoms with van der Waals surface area (Å²) >= 11 is 0. The van der Waals surface area contributed by atoms with Crippen molar-refractivity contribution in [2.45, 2.75) is 131 Å². The zero-order valence-electron chi connectivity index (χ0n) is 60.1. The SMILES string of the molecule is CC(C)(C)c1cc(-n2c3ccccc3c3ccc(-c4cc(-c5ccccc5)cc([Si](C)(C)c5[c-]cccc5)n4)nc32)c(O)c(C(C)(C)C)c1.CC(C)(C)c1ccc2c(c1)c1cc(C(C)(C)C)c(-c3cc(-c4ccccc4)cc([Si](C)(C)c4[c-]cccc4)n3)nc1n2-c1ccccc1O.[Pt].[Pt]. The number of benzene rings is 8. The maximum Gasteiger partial charge on any atom is 0.146 e. The van der Waals surface area contributed by atoms with E-state index in [0.29, 0.717) is 5.69 Å². The Hall–Kier alpha value is -8.63. The van der Waals surface area contributed by atoms with E-state index in [1.54, 1.807) is 6.07 Å². The van der Waals surface area contributed by atoms with Gasteiger partial charge in [0, 0.05) is 79.9 Å². The second kappa shape index (κ2) is 27.7. The predicted molar refractivity (Wildman–Crippen MR) is 417 cm³/mol. The number of nitrogens with zero attached hydrogens (tertiary/aromatic N) is 6. The summed E-state index contributed by atoms with van der Waals surface area (Å²) in [6.07, 6.45) is 0. The van der Waals surface area contributed by atoms with Gasteiger partial charge >= 0.3 is 0 Å². The van der Waals surface area contributed by atoms with E-state index in [-0.39, 0.29) is 75.3 Å². The first-order chi connectivity index (χ1) is 46.5. The number of para-hydroxylation sites is 3. The molecule has 0 bridgehead atoms. The van der Waals surface area contributed by atoms with E-state index in [4.69, 9.17) is 19.9 Å². The van der Waals surface area contributed by atoms with Gasteiger partial charge in [-0.15, -0.1) is 0 Å². The number of aromatic hydroxyl groups is 2. The van der Waals surface area contributed by atoms with Crippen LogP contribution in [0.25, 0.3) is 100 Å². The van der Waals surface area contributed by atoms with Crippen molar-refractivity contribution in [1.29, 1.82) is 0 Å². The zero-order valence-corrected chi connectivity index (χ0v) is 66.7. The molecule has 512 valence electrons. The molecule has 0 fully saturated rings. The summed E-state index contributed by atoms with van der Waals surface area (Å²) in [5.74, 6) is 0.497. The smallest absolute Gasteiger partial charge is 0.146 e. The first-order valence-electron chi connectivity index (χ1n) is 34.1. The Morgan fingerprint density at radius 2 is 0.850 bits per heavy atom. The average molecular weight is 1710 g/mol. The van der Waals surface area contributed by atoms with Crippen LogP contribution in [0.1, 0.15) is 105 Å². The fraction of sp³-hybridized carbons (Fsp3) is 0.227. The van der Waals surface area contributed by atoms with Crippen LogP contribution in [0.3, 0.4) is 0 Å². The molecule has 0 aliphatic heterocycles. The van der Waals surface area contributed by atoms with Crippen molar-refractivity contribution in [3.8, 4) is 67.9 Å². The third-order valence-electron chi connectivity index (χ3n) is 19.5. The Bertz CT molecular complexity index is 5330. The van der Waals surface area contributed by atoms with Crippen LogP contribution in [0.2, 0.25) is 26.2 Å². The molecule has 6 aromatic heterocycles. The van der Waals surface area contributed by atoms with Gasteiger partial charge in [-0.1, -0.05) is 212 Å². The van der Waals surface area contributed by atoms with Gasteiger partial charge < -0.3 is 10.2 Å². The monoisotopic (exact) mass is 1710 g/mol. The molecule has 0 saturated carbocycles.